The summed E-state index contributed by atoms with van der Waals surface area (Å²) in [5.74, 6) is 2.09. The molecule has 276 valence electrons. The van der Waals surface area contributed by atoms with E-state index in [0.717, 1.165) is 24.3 Å². The highest BCUT2D eigenvalue weighted by molar-refractivity contribution is 5.41. The molecule has 0 radical (unpaired) electrons. The van der Waals surface area contributed by atoms with Crippen molar-refractivity contribution in [2.75, 3.05) is 0 Å². The van der Waals surface area contributed by atoms with Crippen LogP contribution in [0.2, 0.25) is 0 Å². The highest BCUT2D eigenvalue weighted by atomic mass is 16.5. The molecule has 0 aliphatic heterocycles. The molecule has 2 aromatic rings. The largest absolute Gasteiger partial charge is 0.457 e. The van der Waals surface area contributed by atoms with E-state index in [0.29, 0.717) is 0 Å². The van der Waals surface area contributed by atoms with Gasteiger partial charge >= 0.3 is 0 Å². The normalized spacial score (nSPS) is 11.7. The van der Waals surface area contributed by atoms with E-state index < -0.39 is 0 Å². The van der Waals surface area contributed by atoms with E-state index in [1.165, 1.54) is 191 Å². The van der Waals surface area contributed by atoms with Crippen molar-refractivity contribution < 1.29 is 4.74 Å². The predicted molar refractivity (Wildman–Crippen MR) is 219 cm³/mol. The molecule has 0 spiro atoms. The minimum atomic E-state index is 1.05. The van der Waals surface area contributed by atoms with Gasteiger partial charge in [0.25, 0.3) is 0 Å². The second-order valence-corrected chi connectivity index (χ2v) is 14.7. The summed E-state index contributed by atoms with van der Waals surface area (Å²) in [6.07, 6.45) is 49.8. The van der Waals surface area contributed by atoms with Gasteiger partial charge in [0, 0.05) is 0 Å². The maximum Gasteiger partial charge on any atom is 0.130 e. The summed E-state index contributed by atoms with van der Waals surface area (Å²) in [7, 11) is 0. The first-order valence-corrected chi connectivity index (χ1v) is 21.5. The van der Waals surface area contributed by atoms with Crippen molar-refractivity contribution in [3.05, 3.63) is 84.0 Å². The van der Waals surface area contributed by atoms with Gasteiger partial charge in [0.1, 0.15) is 11.5 Å². The van der Waals surface area contributed by atoms with E-state index in [1.807, 2.05) is 0 Å². The minimum Gasteiger partial charge on any atom is -0.457 e. The number of benzene rings is 2. The van der Waals surface area contributed by atoms with Crippen LogP contribution in [0.1, 0.15) is 205 Å². The number of hydrogen-bond donors (Lipinski definition) is 0. The quantitative estimate of drug-likeness (QED) is 0.0532. The molecule has 0 unspecified atom stereocenters. The van der Waals surface area contributed by atoms with Crippen molar-refractivity contribution in [3.63, 3.8) is 0 Å². The lowest BCUT2D eigenvalue weighted by Gasteiger charge is -2.14. The Morgan fingerprint density at radius 1 is 0.347 bits per heavy atom. The molecule has 0 bridgehead atoms. The molecule has 0 aliphatic rings. The highest BCUT2D eigenvalue weighted by Crippen LogP contribution is 2.30. The zero-order valence-corrected chi connectivity index (χ0v) is 32.5. The molecule has 0 aromatic heterocycles. The first-order chi connectivity index (χ1) is 24.3. The molecular weight excluding hydrogens is 593 g/mol. The lowest BCUT2D eigenvalue weighted by molar-refractivity contribution is 0.466. The minimum absolute atomic E-state index is 1.05. The average molecular weight is 671 g/mol. The second-order valence-electron chi connectivity index (χ2n) is 14.7. The Hall–Kier alpha value is -2.28. The van der Waals surface area contributed by atoms with E-state index >= 15 is 0 Å². The number of hydrogen-bond acceptors (Lipinski definition) is 1. The molecule has 0 saturated carbocycles. The van der Waals surface area contributed by atoms with Crippen LogP contribution in [0, 0.1) is 0 Å². The number of para-hydroxylation sites is 2. The van der Waals surface area contributed by atoms with Crippen LogP contribution in [-0.4, -0.2) is 0 Å². The third-order valence-electron chi connectivity index (χ3n) is 10.1. The summed E-state index contributed by atoms with van der Waals surface area (Å²) >= 11 is 0. The fraction of sp³-hybridized carbons (Fsp3) is 0.667. The molecule has 0 saturated heterocycles. The average Bonchev–Trinajstić information content (AvgIpc) is 3.12. The van der Waals surface area contributed by atoms with Gasteiger partial charge in [-0.1, -0.05) is 190 Å². The van der Waals surface area contributed by atoms with E-state index in [9.17, 15) is 0 Å². The van der Waals surface area contributed by atoms with Crippen LogP contribution < -0.4 is 4.74 Å². The molecule has 0 aliphatic carbocycles. The van der Waals surface area contributed by atoms with Gasteiger partial charge in [-0.05, 0) is 100 Å². The number of allylic oxidation sites excluding steroid dienone is 4. The first kappa shape index (κ1) is 42.9. The topological polar surface area (TPSA) is 9.23 Å². The molecule has 1 heteroatoms. The van der Waals surface area contributed by atoms with Crippen LogP contribution in [-0.2, 0) is 12.8 Å². The fourth-order valence-corrected chi connectivity index (χ4v) is 6.86. The van der Waals surface area contributed by atoms with Crippen molar-refractivity contribution in [1.82, 2.24) is 0 Å². The number of ether oxygens (including phenoxy) is 1. The van der Waals surface area contributed by atoms with Crippen molar-refractivity contribution in [3.8, 4) is 11.5 Å². The highest BCUT2D eigenvalue weighted by Gasteiger charge is 2.08. The van der Waals surface area contributed by atoms with Gasteiger partial charge in [0.05, 0.1) is 0 Å². The summed E-state index contributed by atoms with van der Waals surface area (Å²) in [5, 5.41) is 0. The van der Waals surface area contributed by atoms with Gasteiger partial charge in [0.15, 0.2) is 0 Å². The van der Waals surface area contributed by atoms with Crippen molar-refractivity contribution in [2.45, 2.75) is 206 Å². The number of rotatable bonds is 34. The Morgan fingerprint density at radius 3 is 0.980 bits per heavy atom. The summed E-state index contributed by atoms with van der Waals surface area (Å²) in [4.78, 5) is 0. The van der Waals surface area contributed by atoms with Crippen molar-refractivity contribution in [2.24, 2.45) is 0 Å². The van der Waals surface area contributed by atoms with Crippen LogP contribution in [0.5, 0.6) is 11.5 Å². The SMILES string of the molecule is CCCCCCCCC=CCCCCCCCCc1ccccc1Oc1ccccc1CCCCCCCCC=CCCCCCCCC. The zero-order valence-electron chi connectivity index (χ0n) is 32.5. The van der Waals surface area contributed by atoms with Gasteiger partial charge < -0.3 is 4.74 Å². The van der Waals surface area contributed by atoms with E-state index in [4.69, 9.17) is 4.74 Å². The standard InChI is InChI=1S/C48H78O/c1-3-5-7-9-11-13-15-17-19-21-23-25-27-29-31-33-39-45-41-35-37-43-47(45)49-48-44-38-36-42-46(48)40-34-32-30-28-26-24-22-20-18-16-14-12-10-8-6-4-2/h17-20,35-38,41-44H,3-16,21-34,39-40H2,1-2H3. The maximum absolute atomic E-state index is 6.59. The molecule has 0 fully saturated rings. The number of unbranched alkanes of at least 4 members (excludes halogenated alkanes) is 24. The maximum atomic E-state index is 6.59. The van der Waals surface area contributed by atoms with Crippen molar-refractivity contribution >= 4 is 0 Å². The van der Waals surface area contributed by atoms with Gasteiger partial charge in [-0.2, -0.15) is 0 Å². The van der Waals surface area contributed by atoms with Crippen LogP contribution in [0.4, 0.5) is 0 Å². The molecule has 2 aromatic carbocycles. The summed E-state index contributed by atoms with van der Waals surface area (Å²) < 4.78 is 6.59. The van der Waals surface area contributed by atoms with Gasteiger partial charge in [-0.15, -0.1) is 0 Å². The van der Waals surface area contributed by atoms with Gasteiger partial charge in [0.2, 0.25) is 0 Å². The van der Waals surface area contributed by atoms with Crippen molar-refractivity contribution in [1.29, 1.82) is 0 Å². The lowest BCUT2D eigenvalue weighted by atomic mass is 10.0. The second kappa shape index (κ2) is 32.9. The monoisotopic (exact) mass is 671 g/mol. The Balaban J connectivity index is 1.53. The summed E-state index contributed by atoms with van der Waals surface area (Å²) in [6.45, 7) is 4.58. The predicted octanol–water partition coefficient (Wildman–Crippen LogP) is 16.6. The van der Waals surface area contributed by atoms with Crippen LogP contribution in [0.15, 0.2) is 72.8 Å². The van der Waals surface area contributed by atoms with E-state index in [-0.39, 0.29) is 0 Å². The molecule has 1 nitrogen and oxygen atoms in total. The Bertz CT molecular complexity index is 965. The van der Waals surface area contributed by atoms with Gasteiger partial charge in [-0.3, -0.25) is 0 Å². The molecular formula is C48H78O. The third kappa shape index (κ3) is 24.5. The van der Waals surface area contributed by atoms with E-state index in [1.54, 1.807) is 0 Å². The van der Waals surface area contributed by atoms with Gasteiger partial charge in [-0.25, -0.2) is 0 Å². The molecule has 0 amide bonds. The zero-order chi connectivity index (χ0) is 34.7. The van der Waals surface area contributed by atoms with E-state index in [2.05, 4.69) is 86.7 Å². The van der Waals surface area contributed by atoms with Crippen LogP contribution >= 0.6 is 0 Å². The van der Waals surface area contributed by atoms with Crippen LogP contribution in [0.3, 0.4) is 0 Å². The summed E-state index contributed by atoms with van der Waals surface area (Å²) in [5.41, 5.74) is 2.70. The smallest absolute Gasteiger partial charge is 0.130 e. The van der Waals surface area contributed by atoms with Crippen LogP contribution in [0.25, 0.3) is 0 Å². The molecule has 0 heterocycles. The Labute approximate surface area is 305 Å². The Kier molecular flexibility index (Phi) is 28.8. The fourth-order valence-electron chi connectivity index (χ4n) is 6.86. The Morgan fingerprint density at radius 2 is 0.633 bits per heavy atom. The number of aryl methyl sites for hydroxylation is 2. The molecule has 49 heavy (non-hydrogen) atoms. The molecule has 0 atom stereocenters. The summed E-state index contributed by atoms with van der Waals surface area (Å²) in [6, 6.07) is 17.4. The lowest BCUT2D eigenvalue weighted by Crippen LogP contribution is -1.96. The molecule has 2 rings (SSSR count). The molecule has 0 N–H and O–H groups in total. The third-order valence-corrected chi connectivity index (χ3v) is 10.1. The first-order valence-electron chi connectivity index (χ1n) is 21.5.